The quantitative estimate of drug-likeness (QED) is 0.0205. The summed E-state index contributed by atoms with van der Waals surface area (Å²) in [5.74, 6) is -7.27. The molecule has 10 aliphatic rings. The SMILES string of the molecule is CC(=O)NC1C(O)[C@H](O[C@@H]2OC(CO)[C@H](O)[C@H](O)C2O)C(CO)O[C@H]1OC1[C@@H](OCC2O[C@@H](O[C@@H]3C(CO)O[C@@H](O[C@@H]4C(CO)O[C@@H](C)C(NC(C)=O)[C@H]4O)C(NC(C)=O)[C@H]3O)C(O)[C@@H](OC3O[C@H](CO)[C@@H](O)C(O)C3O[C@@H]3OC(CO)[C@@H](O[C@@H]4OC(CO[C@]5(OC=O)CC(O)[C@@H](C)C([C@H](O)[C@H](O)CO)O5)[C@H](O)[C@H](O)C4O)[C@H](O)C3NC(C)=O)[C@@H]2O)OC(CO)[C@@H](O)[C@@H]1O. The van der Waals surface area contributed by atoms with E-state index in [1.165, 1.54) is 13.8 Å². The van der Waals surface area contributed by atoms with E-state index in [2.05, 4.69) is 21.3 Å². The molecule has 0 saturated carbocycles. The summed E-state index contributed by atoms with van der Waals surface area (Å²) in [7, 11) is 0. The second kappa shape index (κ2) is 46.6. The first-order chi connectivity index (χ1) is 61.0. The molecule has 0 spiro atoms. The van der Waals surface area contributed by atoms with Crippen LogP contribution in [0.1, 0.15) is 48.0 Å². The molecule has 56 nitrogen and oxygen atoms in total. The summed E-state index contributed by atoms with van der Waals surface area (Å²) in [5, 5.41) is 313. The number of hydrogen-bond acceptors (Lipinski definition) is 52. The highest BCUT2D eigenvalue weighted by molar-refractivity contribution is 5.74. The molecule has 129 heavy (non-hydrogen) atoms. The average molecular weight is 1890 g/mol. The Balaban J connectivity index is 0.960. The van der Waals surface area contributed by atoms with Gasteiger partial charge in [0.25, 0.3) is 6.47 Å². The molecule has 0 bridgehead atoms. The number of amides is 4. The molecule has 56 heteroatoms. The van der Waals surface area contributed by atoms with E-state index in [1.807, 2.05) is 0 Å². The molecule has 10 aliphatic heterocycles. The number of carbonyl (C=O) groups is 5. The van der Waals surface area contributed by atoms with Gasteiger partial charge in [-0.2, -0.15) is 0 Å². The van der Waals surface area contributed by atoms with E-state index in [0.29, 0.717) is 0 Å². The minimum Gasteiger partial charge on any atom is -0.410 e. The van der Waals surface area contributed by atoms with Crippen molar-refractivity contribution in [2.24, 2.45) is 5.92 Å². The highest BCUT2D eigenvalue weighted by Gasteiger charge is 2.62. The third-order valence-corrected chi connectivity index (χ3v) is 24.0. The molecule has 746 valence electrons. The van der Waals surface area contributed by atoms with Gasteiger partial charge in [0, 0.05) is 33.6 Å². The van der Waals surface area contributed by atoms with Crippen LogP contribution < -0.4 is 21.3 Å². The van der Waals surface area contributed by atoms with Crippen molar-refractivity contribution in [2.45, 2.75) is 354 Å². The van der Waals surface area contributed by atoms with Gasteiger partial charge >= 0.3 is 5.97 Å². The summed E-state index contributed by atoms with van der Waals surface area (Å²) >= 11 is 0. The lowest BCUT2D eigenvalue weighted by molar-refractivity contribution is -0.424. The van der Waals surface area contributed by atoms with Crippen LogP contribution in [0.5, 0.6) is 0 Å². The fourth-order valence-corrected chi connectivity index (χ4v) is 16.9. The van der Waals surface area contributed by atoms with Crippen LogP contribution in [0.15, 0.2) is 0 Å². The van der Waals surface area contributed by atoms with Gasteiger partial charge in [-0.15, -0.1) is 0 Å². The van der Waals surface area contributed by atoms with Gasteiger partial charge in [-0.1, -0.05) is 6.92 Å². The van der Waals surface area contributed by atoms with Crippen molar-refractivity contribution >= 4 is 30.1 Å². The monoisotopic (exact) mass is 1890 g/mol. The molecule has 31 N–H and O–H groups in total. The molecule has 10 rings (SSSR count). The van der Waals surface area contributed by atoms with Crippen LogP contribution in [0.3, 0.4) is 0 Å². The second-order valence-electron chi connectivity index (χ2n) is 33.0. The van der Waals surface area contributed by atoms with Gasteiger partial charge in [0.15, 0.2) is 50.3 Å². The molecule has 0 aliphatic carbocycles. The molecule has 10 fully saturated rings. The zero-order chi connectivity index (χ0) is 95.1. The highest BCUT2D eigenvalue weighted by Crippen LogP contribution is 2.43. The summed E-state index contributed by atoms with van der Waals surface area (Å²) in [6.45, 7) is -4.53. The Morgan fingerprint density at radius 1 is 0.349 bits per heavy atom. The van der Waals surface area contributed by atoms with E-state index in [1.54, 1.807) is 0 Å². The van der Waals surface area contributed by atoms with Crippen molar-refractivity contribution in [1.82, 2.24) is 21.3 Å². The molecule has 10 heterocycles. The first-order valence-corrected chi connectivity index (χ1v) is 41.4. The molecule has 0 aromatic heterocycles. The Morgan fingerprint density at radius 3 is 1.07 bits per heavy atom. The van der Waals surface area contributed by atoms with Gasteiger partial charge in [0.2, 0.25) is 23.6 Å². The van der Waals surface area contributed by atoms with E-state index >= 15 is 0 Å². The van der Waals surface area contributed by atoms with Crippen molar-refractivity contribution in [3.63, 3.8) is 0 Å². The van der Waals surface area contributed by atoms with Crippen LogP contribution in [0.2, 0.25) is 0 Å². The van der Waals surface area contributed by atoms with E-state index < -0.39 is 408 Å². The second-order valence-corrected chi connectivity index (χ2v) is 33.0. The molecule has 4 amide bonds. The van der Waals surface area contributed by atoms with E-state index in [-0.39, 0.29) is 6.47 Å². The minimum atomic E-state index is -2.67. The highest BCUT2D eigenvalue weighted by atomic mass is 16.9. The van der Waals surface area contributed by atoms with E-state index in [0.717, 1.165) is 27.7 Å². The van der Waals surface area contributed by atoms with Crippen LogP contribution in [0, 0.1) is 5.92 Å². The number of hydrogen-bond donors (Lipinski definition) is 31. The van der Waals surface area contributed by atoms with E-state index in [4.69, 9.17) is 94.7 Å². The standard InChI is InChI=1S/C73H122N4O52/c1-19-25(91)7-73(112-18-86,129-57(19)40(93)26(92)8-78)111-17-35-44(97)51(104)55(108)69(121-35)124-60-32(14-84)119-67(39(49(60)102)77-24(6)90)128-64-53(106)43(96)29(11-81)116-72(64)126-62-45(98)34(120-70(56(62)109)125-61-33(15-85)117-65(37(47(61)100)75-22(4)88)122-58-30(12-82)113-20(2)36(46(58)99)74-21(3)87)16-110-71-63(52(105)42(95)28(10-80)115-71)127-66-38(76-23(5)89)48(101)59(31(13-83)118-66)123-68-54(107)50(103)41(94)27(9-79)114-68/h18-20,25-72,78-85,91-109H,7-17H2,1-6H3,(H,74,87)(H,75,88)(H,76,89)(H,77,90)/t19-,20+,25?,26-,27?,28?,29-,30?,31?,32?,33?,34?,35?,36?,37?,38?,39?,40-,41+,42-,43-,44+,45-,46-,47-,48?,49-,50+,51+,52+,53?,54?,55?,56?,57?,58-,59-,60-,61-,62+,63?,64?,65+,66+,67+,68+,69+,70+,71+,72?,73+/m1/s1. The average Bonchev–Trinajstić information content (AvgIpc) is 0.771. The smallest absolute Gasteiger partial charge is 0.332 e. The van der Waals surface area contributed by atoms with Crippen molar-refractivity contribution in [3.8, 4) is 0 Å². The normalized spacial score (nSPS) is 48.1. The Labute approximate surface area is 732 Å². The van der Waals surface area contributed by atoms with Gasteiger partial charge in [0.1, 0.15) is 226 Å². The molecule has 51 atom stereocenters. The maximum absolute atomic E-state index is 13.2. The number of aliphatic hydroxyl groups excluding tert-OH is 27. The Kier molecular flexibility index (Phi) is 38.5. The first kappa shape index (κ1) is 107. The molecule has 0 radical (unpaired) electrons. The molecule has 22 unspecified atom stereocenters. The van der Waals surface area contributed by atoms with Crippen molar-refractivity contribution < 1.29 is 257 Å². The molecule has 0 aromatic carbocycles. The van der Waals surface area contributed by atoms with Crippen LogP contribution in [-0.2, 0) is 119 Å². The number of rotatable bonds is 36. The van der Waals surface area contributed by atoms with Gasteiger partial charge in [-0.3, -0.25) is 24.0 Å². The third-order valence-electron chi connectivity index (χ3n) is 24.0. The van der Waals surface area contributed by atoms with Crippen LogP contribution in [-0.4, -0.2) is 540 Å². The van der Waals surface area contributed by atoms with Gasteiger partial charge in [0.05, 0.1) is 96.8 Å². The summed E-state index contributed by atoms with van der Waals surface area (Å²) in [4.78, 5) is 63.5. The number of ether oxygens (including phenoxy) is 20. The Hall–Kier alpha value is -4.49. The van der Waals surface area contributed by atoms with Crippen LogP contribution in [0.25, 0.3) is 0 Å². The summed E-state index contributed by atoms with van der Waals surface area (Å²) in [6.07, 6.45) is -94.0. The zero-order valence-electron chi connectivity index (χ0n) is 70.0. The predicted octanol–water partition coefficient (Wildman–Crippen LogP) is -20.6. The molecular formula is C73H122N4O52. The number of carbonyl (C=O) groups excluding carboxylic acids is 5. The van der Waals surface area contributed by atoms with E-state index in [9.17, 15) is 162 Å². The van der Waals surface area contributed by atoms with Crippen molar-refractivity contribution in [3.05, 3.63) is 0 Å². The molecular weight excluding hydrogens is 1760 g/mol. The molecule has 10 saturated heterocycles. The summed E-state index contributed by atoms with van der Waals surface area (Å²) in [5.41, 5.74) is 0. The van der Waals surface area contributed by atoms with Crippen LogP contribution >= 0.6 is 0 Å². The third kappa shape index (κ3) is 23.9. The fourth-order valence-electron chi connectivity index (χ4n) is 16.9. The fraction of sp³-hybridized carbons (Fsp3) is 0.932. The predicted molar refractivity (Wildman–Crippen MR) is 399 cm³/mol. The Morgan fingerprint density at radius 2 is 0.667 bits per heavy atom. The topological polar surface area (TPSA) is 864 Å². The maximum Gasteiger partial charge on any atom is 0.332 e. The Bertz CT molecular complexity index is 3520. The van der Waals surface area contributed by atoms with Gasteiger partial charge in [-0.25, -0.2) is 0 Å². The van der Waals surface area contributed by atoms with Crippen LogP contribution in [0.4, 0.5) is 0 Å². The summed E-state index contributed by atoms with van der Waals surface area (Å²) < 4.78 is 119. The summed E-state index contributed by atoms with van der Waals surface area (Å²) in [6, 6.07) is -7.14. The zero-order valence-corrected chi connectivity index (χ0v) is 70.0. The van der Waals surface area contributed by atoms with Gasteiger partial charge < -0.3 is 254 Å². The maximum atomic E-state index is 13.2. The number of nitrogens with one attached hydrogen (secondary N) is 4. The van der Waals surface area contributed by atoms with Crippen molar-refractivity contribution in [2.75, 3.05) is 66.1 Å². The lowest BCUT2D eigenvalue weighted by atomic mass is 9.87. The minimum absolute atomic E-state index is 0.197. The molecule has 0 aromatic rings. The largest absolute Gasteiger partial charge is 0.410 e. The number of aliphatic hydroxyl groups is 27. The first-order valence-electron chi connectivity index (χ1n) is 41.4. The van der Waals surface area contributed by atoms with Gasteiger partial charge in [-0.05, 0) is 6.92 Å². The van der Waals surface area contributed by atoms with Crippen molar-refractivity contribution in [1.29, 1.82) is 0 Å². The lowest BCUT2D eigenvalue weighted by Gasteiger charge is -2.51. The lowest BCUT2D eigenvalue weighted by Crippen LogP contribution is -2.71.